The van der Waals surface area contributed by atoms with E-state index in [0.29, 0.717) is 5.92 Å². The van der Waals surface area contributed by atoms with E-state index in [1.807, 2.05) is 25.1 Å². The van der Waals surface area contributed by atoms with Crippen LogP contribution in [-0.4, -0.2) is 17.8 Å². The lowest BCUT2D eigenvalue weighted by Gasteiger charge is -2.32. The van der Waals surface area contributed by atoms with Gasteiger partial charge in [0.1, 0.15) is 0 Å². The maximum Gasteiger partial charge on any atom is 0.0603 e. The summed E-state index contributed by atoms with van der Waals surface area (Å²) in [5.41, 5.74) is 8.90. The molecular weight excluding hydrogens is 188 g/mol. The first-order chi connectivity index (χ1) is 7.16. The van der Waals surface area contributed by atoms with Crippen LogP contribution >= 0.6 is 0 Å². The van der Waals surface area contributed by atoms with Crippen molar-refractivity contribution in [2.45, 2.75) is 25.9 Å². The van der Waals surface area contributed by atoms with Gasteiger partial charge in [-0.25, -0.2) is 0 Å². The average molecular weight is 206 g/mol. The first kappa shape index (κ1) is 10.3. The molecule has 1 saturated carbocycles. The van der Waals surface area contributed by atoms with Crippen molar-refractivity contribution >= 4 is 11.4 Å². The summed E-state index contributed by atoms with van der Waals surface area (Å²) in [4.78, 5) is 0. The van der Waals surface area contributed by atoms with Crippen LogP contribution in [0.1, 0.15) is 18.4 Å². The molecule has 82 valence electrons. The molecular formula is C12H18N2O. The number of hydrogen-bond acceptors (Lipinski definition) is 3. The van der Waals surface area contributed by atoms with E-state index in [-0.39, 0.29) is 6.10 Å². The number of benzene rings is 1. The van der Waals surface area contributed by atoms with E-state index in [2.05, 4.69) is 5.32 Å². The maximum atomic E-state index is 9.17. The fourth-order valence-electron chi connectivity index (χ4n) is 2.05. The quantitative estimate of drug-likeness (QED) is 0.660. The zero-order valence-corrected chi connectivity index (χ0v) is 9.03. The molecule has 0 aromatic heterocycles. The van der Waals surface area contributed by atoms with Crippen molar-refractivity contribution in [3.63, 3.8) is 0 Å². The molecule has 1 aromatic rings. The summed E-state index contributed by atoms with van der Waals surface area (Å²) in [6, 6.07) is 5.92. The summed E-state index contributed by atoms with van der Waals surface area (Å²) in [6.07, 6.45) is 1.75. The zero-order chi connectivity index (χ0) is 10.8. The summed E-state index contributed by atoms with van der Waals surface area (Å²) in [5.74, 6) is 0.596. The van der Waals surface area contributed by atoms with Gasteiger partial charge in [0, 0.05) is 6.54 Å². The summed E-state index contributed by atoms with van der Waals surface area (Å²) in [5, 5.41) is 12.5. The second kappa shape index (κ2) is 4.11. The van der Waals surface area contributed by atoms with Gasteiger partial charge in [-0.1, -0.05) is 12.1 Å². The van der Waals surface area contributed by atoms with Crippen LogP contribution in [0, 0.1) is 12.8 Å². The van der Waals surface area contributed by atoms with Crippen molar-refractivity contribution in [3.8, 4) is 0 Å². The van der Waals surface area contributed by atoms with Crippen LogP contribution in [0.5, 0.6) is 0 Å². The third-order valence-electron chi connectivity index (χ3n) is 3.08. The van der Waals surface area contributed by atoms with Gasteiger partial charge in [0.2, 0.25) is 0 Å². The largest absolute Gasteiger partial charge is 0.397 e. The molecule has 0 amide bonds. The molecule has 0 heterocycles. The topological polar surface area (TPSA) is 58.3 Å². The number of aliphatic hydroxyl groups excluding tert-OH is 1. The molecule has 0 spiro atoms. The first-order valence-corrected chi connectivity index (χ1v) is 5.44. The van der Waals surface area contributed by atoms with Gasteiger partial charge in [0.15, 0.2) is 0 Å². The van der Waals surface area contributed by atoms with Crippen LogP contribution in [0.2, 0.25) is 0 Å². The third-order valence-corrected chi connectivity index (χ3v) is 3.08. The number of aryl methyl sites for hydroxylation is 1. The van der Waals surface area contributed by atoms with Crippen molar-refractivity contribution in [2.24, 2.45) is 5.92 Å². The Labute approximate surface area is 90.3 Å². The van der Waals surface area contributed by atoms with Gasteiger partial charge >= 0.3 is 0 Å². The Morgan fingerprint density at radius 1 is 1.47 bits per heavy atom. The van der Waals surface area contributed by atoms with Crippen LogP contribution < -0.4 is 11.1 Å². The lowest BCUT2D eigenvalue weighted by atomic mass is 9.82. The molecule has 1 aliphatic carbocycles. The molecule has 0 aliphatic heterocycles. The highest BCUT2D eigenvalue weighted by molar-refractivity contribution is 5.69. The predicted molar refractivity (Wildman–Crippen MR) is 62.8 cm³/mol. The van der Waals surface area contributed by atoms with Gasteiger partial charge in [-0.15, -0.1) is 0 Å². The fourth-order valence-corrected chi connectivity index (χ4v) is 2.05. The van der Waals surface area contributed by atoms with E-state index >= 15 is 0 Å². The van der Waals surface area contributed by atoms with Crippen LogP contribution in [0.15, 0.2) is 18.2 Å². The van der Waals surface area contributed by atoms with Gasteiger partial charge in [-0.05, 0) is 37.3 Å². The molecule has 3 nitrogen and oxygen atoms in total. The molecule has 0 atom stereocenters. The summed E-state index contributed by atoms with van der Waals surface area (Å²) in [7, 11) is 0. The minimum atomic E-state index is -0.0778. The minimum absolute atomic E-state index is 0.0778. The Kier molecular flexibility index (Phi) is 2.82. The Bertz CT molecular complexity index is 325. The van der Waals surface area contributed by atoms with Crippen LogP contribution in [0.3, 0.4) is 0 Å². The minimum Gasteiger partial charge on any atom is -0.397 e. The van der Waals surface area contributed by atoms with E-state index in [1.54, 1.807) is 0 Å². The SMILES string of the molecule is Cc1cccc(N)c1NCC1CC(O)C1. The van der Waals surface area contributed by atoms with Crippen LogP contribution in [0.4, 0.5) is 11.4 Å². The van der Waals surface area contributed by atoms with Crippen LogP contribution in [0.25, 0.3) is 0 Å². The highest BCUT2D eigenvalue weighted by Crippen LogP contribution is 2.29. The normalized spacial score (nSPS) is 24.7. The van der Waals surface area contributed by atoms with Gasteiger partial charge < -0.3 is 16.2 Å². The van der Waals surface area contributed by atoms with Gasteiger partial charge in [0.25, 0.3) is 0 Å². The number of nitrogens with two attached hydrogens (primary N) is 1. The molecule has 0 unspecified atom stereocenters. The van der Waals surface area contributed by atoms with Gasteiger partial charge in [-0.2, -0.15) is 0 Å². The lowest BCUT2D eigenvalue weighted by molar-refractivity contribution is 0.0487. The highest BCUT2D eigenvalue weighted by atomic mass is 16.3. The van der Waals surface area contributed by atoms with Gasteiger partial charge in [0.05, 0.1) is 17.5 Å². The number of anilines is 2. The maximum absolute atomic E-state index is 9.17. The monoisotopic (exact) mass is 206 g/mol. The van der Waals surface area contributed by atoms with Crippen molar-refractivity contribution in [3.05, 3.63) is 23.8 Å². The molecule has 1 aliphatic rings. The fraction of sp³-hybridized carbons (Fsp3) is 0.500. The molecule has 1 fully saturated rings. The molecule has 3 heteroatoms. The Morgan fingerprint density at radius 3 is 2.80 bits per heavy atom. The van der Waals surface area contributed by atoms with Gasteiger partial charge in [-0.3, -0.25) is 0 Å². The second-order valence-corrected chi connectivity index (χ2v) is 4.41. The number of aliphatic hydroxyl groups is 1. The van der Waals surface area contributed by atoms with E-state index < -0.39 is 0 Å². The smallest absolute Gasteiger partial charge is 0.0603 e. The molecule has 0 bridgehead atoms. The number of hydrogen-bond donors (Lipinski definition) is 3. The molecule has 0 saturated heterocycles. The summed E-state index contributed by atoms with van der Waals surface area (Å²) in [6.45, 7) is 2.96. The number of nitrogens with one attached hydrogen (secondary N) is 1. The van der Waals surface area contributed by atoms with E-state index in [4.69, 9.17) is 5.73 Å². The molecule has 0 radical (unpaired) electrons. The first-order valence-electron chi connectivity index (χ1n) is 5.44. The number of nitrogen functional groups attached to an aromatic ring is 1. The van der Waals surface area contributed by atoms with Crippen LogP contribution in [-0.2, 0) is 0 Å². The van der Waals surface area contributed by atoms with Crippen molar-refractivity contribution in [1.29, 1.82) is 0 Å². The molecule has 2 rings (SSSR count). The van der Waals surface area contributed by atoms with Crippen molar-refractivity contribution in [1.82, 2.24) is 0 Å². The van der Waals surface area contributed by atoms with E-state index in [1.165, 1.54) is 5.56 Å². The highest BCUT2D eigenvalue weighted by Gasteiger charge is 2.26. The lowest BCUT2D eigenvalue weighted by Crippen LogP contribution is -2.33. The number of para-hydroxylation sites is 1. The summed E-state index contributed by atoms with van der Waals surface area (Å²) >= 11 is 0. The predicted octanol–water partition coefficient (Wildman–Crippen LogP) is 1.76. The standard InChI is InChI=1S/C12H18N2O/c1-8-3-2-4-11(13)12(8)14-7-9-5-10(15)6-9/h2-4,9-10,14-15H,5-7,13H2,1H3. The third kappa shape index (κ3) is 2.23. The Hall–Kier alpha value is -1.22. The molecule has 15 heavy (non-hydrogen) atoms. The Morgan fingerprint density at radius 2 is 2.20 bits per heavy atom. The molecule has 1 aromatic carbocycles. The van der Waals surface area contributed by atoms with Crippen molar-refractivity contribution in [2.75, 3.05) is 17.6 Å². The number of rotatable bonds is 3. The summed E-state index contributed by atoms with van der Waals surface area (Å²) < 4.78 is 0. The van der Waals surface area contributed by atoms with E-state index in [0.717, 1.165) is 30.8 Å². The average Bonchev–Trinajstić information content (AvgIpc) is 2.14. The Balaban J connectivity index is 1.93. The zero-order valence-electron chi connectivity index (χ0n) is 9.03. The second-order valence-electron chi connectivity index (χ2n) is 4.41. The van der Waals surface area contributed by atoms with Crippen molar-refractivity contribution < 1.29 is 5.11 Å². The van der Waals surface area contributed by atoms with E-state index in [9.17, 15) is 5.11 Å². The molecule has 4 N–H and O–H groups in total.